The molecule has 0 bridgehead atoms. The van der Waals surface area contributed by atoms with E-state index in [0.29, 0.717) is 15.5 Å². The van der Waals surface area contributed by atoms with Crippen LogP contribution >= 0.6 is 50.2 Å². The van der Waals surface area contributed by atoms with Crippen LogP contribution in [0.1, 0.15) is 15.2 Å². The largest absolute Gasteiger partial charge is 0.288 e. The lowest BCUT2D eigenvalue weighted by molar-refractivity contribution is 0.104. The van der Waals surface area contributed by atoms with E-state index in [2.05, 4.69) is 15.9 Å². The number of carbonyl (C=O) groups excluding carboxylic acids is 1. The first kappa shape index (κ1) is 10.4. The van der Waals surface area contributed by atoms with Gasteiger partial charge >= 0.3 is 0 Å². The first-order valence-electron chi connectivity index (χ1n) is 3.70. The molecule has 0 aliphatic rings. The van der Waals surface area contributed by atoms with Gasteiger partial charge in [0.15, 0.2) is 0 Å². The molecule has 72 valence electrons. The molecule has 14 heavy (non-hydrogen) atoms. The minimum atomic E-state index is -0.00745. The summed E-state index contributed by atoms with van der Waals surface area (Å²) >= 11 is 12.1. The Kier molecular flexibility index (Phi) is 3.07. The summed E-state index contributed by atoms with van der Waals surface area (Å²) < 4.78 is 0.952. The molecule has 0 aromatic carbocycles. The third kappa shape index (κ3) is 1.93. The molecule has 2 heterocycles. The topological polar surface area (TPSA) is 17.1 Å². The van der Waals surface area contributed by atoms with E-state index in [1.54, 1.807) is 6.07 Å². The van der Waals surface area contributed by atoms with Crippen LogP contribution in [0.2, 0.25) is 5.02 Å². The van der Waals surface area contributed by atoms with Gasteiger partial charge in [-0.1, -0.05) is 11.6 Å². The molecule has 0 aliphatic carbocycles. The molecule has 2 aromatic rings. The van der Waals surface area contributed by atoms with Crippen molar-refractivity contribution in [2.24, 2.45) is 0 Å². The SMILES string of the molecule is O=C(c1csc(Br)c1)c1sccc1Cl. The molecule has 2 aromatic heterocycles. The fourth-order valence-corrected chi connectivity index (χ4v) is 3.26. The van der Waals surface area contributed by atoms with Crippen LogP contribution < -0.4 is 0 Å². The zero-order chi connectivity index (χ0) is 10.1. The van der Waals surface area contributed by atoms with Crippen LogP contribution in [0.3, 0.4) is 0 Å². The molecule has 0 amide bonds. The van der Waals surface area contributed by atoms with E-state index in [1.807, 2.05) is 16.8 Å². The van der Waals surface area contributed by atoms with Gasteiger partial charge in [0.25, 0.3) is 0 Å². The maximum Gasteiger partial charge on any atom is 0.205 e. The quantitative estimate of drug-likeness (QED) is 0.749. The van der Waals surface area contributed by atoms with Gasteiger partial charge in [-0.3, -0.25) is 4.79 Å². The Bertz CT molecular complexity index is 475. The first-order valence-corrected chi connectivity index (χ1v) is 6.63. The Labute approximate surface area is 102 Å². The standard InChI is InChI=1S/C9H4BrClOS2/c10-7-3-5(4-14-7)8(12)9-6(11)1-2-13-9/h1-4H. The number of ketones is 1. The number of halogens is 2. The van der Waals surface area contributed by atoms with E-state index in [1.165, 1.54) is 22.7 Å². The maximum absolute atomic E-state index is 11.9. The van der Waals surface area contributed by atoms with Crippen molar-refractivity contribution in [3.63, 3.8) is 0 Å². The molecule has 0 unspecified atom stereocenters. The molecule has 0 N–H and O–H groups in total. The highest BCUT2D eigenvalue weighted by Gasteiger charge is 2.15. The summed E-state index contributed by atoms with van der Waals surface area (Å²) in [6.07, 6.45) is 0. The molecule has 0 saturated heterocycles. The molecule has 0 radical (unpaired) electrons. The Balaban J connectivity index is 2.38. The fraction of sp³-hybridized carbons (Fsp3) is 0. The lowest BCUT2D eigenvalue weighted by Gasteiger charge is -1.93. The van der Waals surface area contributed by atoms with Crippen molar-refractivity contribution in [1.82, 2.24) is 0 Å². The van der Waals surface area contributed by atoms with Crippen molar-refractivity contribution in [3.8, 4) is 0 Å². The van der Waals surface area contributed by atoms with E-state index in [0.717, 1.165) is 3.79 Å². The minimum absolute atomic E-state index is 0.00745. The molecule has 0 atom stereocenters. The molecule has 0 saturated carbocycles. The second-order valence-corrected chi connectivity index (χ2v) is 6.18. The summed E-state index contributed by atoms with van der Waals surface area (Å²) in [5.74, 6) is -0.00745. The minimum Gasteiger partial charge on any atom is -0.288 e. The number of hydrogen-bond acceptors (Lipinski definition) is 3. The predicted octanol–water partition coefficient (Wildman–Crippen LogP) is 4.46. The average Bonchev–Trinajstić information content (AvgIpc) is 2.73. The van der Waals surface area contributed by atoms with Crippen molar-refractivity contribution in [2.45, 2.75) is 0 Å². The van der Waals surface area contributed by atoms with Crippen molar-refractivity contribution < 1.29 is 4.79 Å². The van der Waals surface area contributed by atoms with E-state index < -0.39 is 0 Å². The summed E-state index contributed by atoms with van der Waals surface area (Å²) in [6, 6.07) is 3.55. The second kappa shape index (κ2) is 4.14. The summed E-state index contributed by atoms with van der Waals surface area (Å²) in [5.41, 5.74) is 0.686. The van der Waals surface area contributed by atoms with E-state index in [4.69, 9.17) is 11.6 Å². The van der Waals surface area contributed by atoms with Crippen LogP contribution in [0.5, 0.6) is 0 Å². The second-order valence-electron chi connectivity index (χ2n) is 2.57. The molecule has 0 aliphatic heterocycles. The van der Waals surface area contributed by atoms with Gasteiger partial charge in [-0.15, -0.1) is 22.7 Å². The highest BCUT2D eigenvalue weighted by molar-refractivity contribution is 9.11. The number of hydrogen-bond donors (Lipinski definition) is 0. The van der Waals surface area contributed by atoms with Crippen LogP contribution in [0.15, 0.2) is 26.7 Å². The Hall–Kier alpha value is -0.160. The smallest absolute Gasteiger partial charge is 0.205 e. The molecule has 2 rings (SSSR count). The summed E-state index contributed by atoms with van der Waals surface area (Å²) in [5, 5.41) is 4.17. The van der Waals surface area contributed by atoms with Gasteiger partial charge in [-0.05, 0) is 33.4 Å². The van der Waals surface area contributed by atoms with Gasteiger partial charge in [0.2, 0.25) is 5.78 Å². The lowest BCUT2D eigenvalue weighted by atomic mass is 10.2. The van der Waals surface area contributed by atoms with Crippen LogP contribution in [0, 0.1) is 0 Å². The van der Waals surface area contributed by atoms with Gasteiger partial charge in [-0.2, -0.15) is 0 Å². The van der Waals surface area contributed by atoms with Crippen molar-refractivity contribution in [2.75, 3.05) is 0 Å². The predicted molar refractivity (Wildman–Crippen MR) is 64.8 cm³/mol. The van der Waals surface area contributed by atoms with Gasteiger partial charge in [0.1, 0.15) is 0 Å². The highest BCUT2D eigenvalue weighted by Crippen LogP contribution is 2.28. The Morgan fingerprint density at radius 1 is 1.43 bits per heavy atom. The molecular weight excluding hydrogens is 304 g/mol. The molecule has 0 spiro atoms. The molecule has 1 nitrogen and oxygen atoms in total. The van der Waals surface area contributed by atoms with E-state index >= 15 is 0 Å². The van der Waals surface area contributed by atoms with Gasteiger partial charge < -0.3 is 0 Å². The number of rotatable bonds is 2. The fourth-order valence-electron chi connectivity index (χ4n) is 1.02. The van der Waals surface area contributed by atoms with Gasteiger partial charge in [-0.25, -0.2) is 0 Å². The highest BCUT2D eigenvalue weighted by atomic mass is 79.9. The monoisotopic (exact) mass is 306 g/mol. The maximum atomic E-state index is 11.9. The van der Waals surface area contributed by atoms with Crippen LogP contribution in [0.4, 0.5) is 0 Å². The Morgan fingerprint density at radius 3 is 2.71 bits per heavy atom. The third-order valence-corrected chi connectivity index (χ3v) is 4.50. The van der Waals surface area contributed by atoms with E-state index in [9.17, 15) is 4.79 Å². The molecular formula is C9H4BrClOS2. The summed E-state index contributed by atoms with van der Waals surface area (Å²) in [4.78, 5) is 12.5. The number of carbonyl (C=O) groups is 1. The van der Waals surface area contributed by atoms with Crippen LogP contribution in [-0.4, -0.2) is 5.78 Å². The summed E-state index contributed by atoms with van der Waals surface area (Å²) in [7, 11) is 0. The zero-order valence-corrected chi connectivity index (χ0v) is 10.8. The number of thiophene rings is 2. The van der Waals surface area contributed by atoms with Crippen molar-refractivity contribution in [3.05, 3.63) is 42.1 Å². The lowest BCUT2D eigenvalue weighted by Crippen LogP contribution is -1.96. The zero-order valence-electron chi connectivity index (χ0n) is 6.79. The first-order chi connectivity index (χ1) is 6.68. The normalized spacial score (nSPS) is 10.4. The summed E-state index contributed by atoms with van der Waals surface area (Å²) in [6.45, 7) is 0. The van der Waals surface area contributed by atoms with Crippen molar-refractivity contribution in [1.29, 1.82) is 0 Å². The van der Waals surface area contributed by atoms with Gasteiger partial charge in [0.05, 0.1) is 13.7 Å². The molecule has 5 heteroatoms. The van der Waals surface area contributed by atoms with Crippen molar-refractivity contribution >= 4 is 56.0 Å². The third-order valence-electron chi connectivity index (χ3n) is 1.65. The van der Waals surface area contributed by atoms with E-state index in [-0.39, 0.29) is 5.78 Å². The Morgan fingerprint density at radius 2 is 2.21 bits per heavy atom. The van der Waals surface area contributed by atoms with Gasteiger partial charge in [0, 0.05) is 10.9 Å². The van der Waals surface area contributed by atoms with Crippen LogP contribution in [-0.2, 0) is 0 Å². The average molecular weight is 308 g/mol. The van der Waals surface area contributed by atoms with Crippen LogP contribution in [0.25, 0.3) is 0 Å². The molecule has 0 fully saturated rings.